The molecule has 1 aromatic carbocycles. The van der Waals surface area contributed by atoms with E-state index in [9.17, 15) is 18.0 Å². The van der Waals surface area contributed by atoms with Crippen molar-refractivity contribution in [2.45, 2.75) is 44.7 Å². The summed E-state index contributed by atoms with van der Waals surface area (Å²) < 4.78 is 44.1. The van der Waals surface area contributed by atoms with Crippen LogP contribution < -0.4 is 5.73 Å². The van der Waals surface area contributed by atoms with Crippen LogP contribution in [0.15, 0.2) is 24.3 Å². The maximum Gasteiger partial charge on any atom is 0.416 e. The molecule has 0 aliphatic carbocycles. The summed E-state index contributed by atoms with van der Waals surface area (Å²) in [4.78, 5) is 14.1. The molecule has 1 amide bonds. The summed E-state index contributed by atoms with van der Waals surface area (Å²) >= 11 is 0. The summed E-state index contributed by atoms with van der Waals surface area (Å²) in [6, 6.07) is 3.46. The van der Waals surface area contributed by atoms with E-state index in [1.807, 2.05) is 20.8 Å². The van der Waals surface area contributed by atoms with Crippen LogP contribution in [0, 0.1) is 0 Å². The van der Waals surface area contributed by atoms with E-state index in [-0.39, 0.29) is 11.7 Å². The van der Waals surface area contributed by atoms with Gasteiger partial charge in [0.2, 0.25) is 5.91 Å². The lowest BCUT2D eigenvalue weighted by atomic mass is 10.0. The van der Waals surface area contributed by atoms with Crippen molar-refractivity contribution in [3.8, 4) is 0 Å². The average molecular weight is 330 g/mol. The number of amides is 1. The van der Waals surface area contributed by atoms with E-state index < -0.39 is 29.3 Å². The van der Waals surface area contributed by atoms with Gasteiger partial charge in [0, 0.05) is 13.1 Å². The number of halogens is 3. The zero-order chi connectivity index (χ0) is 17.4. The summed E-state index contributed by atoms with van der Waals surface area (Å²) in [5.41, 5.74) is 4.75. The number of ether oxygens (including phenoxy) is 1. The number of morpholine rings is 1. The molecular weight excluding hydrogens is 309 g/mol. The van der Waals surface area contributed by atoms with Gasteiger partial charge in [-0.3, -0.25) is 4.79 Å². The van der Waals surface area contributed by atoms with Crippen molar-refractivity contribution in [3.05, 3.63) is 35.4 Å². The second-order valence-electron chi connectivity index (χ2n) is 6.51. The molecule has 0 spiro atoms. The van der Waals surface area contributed by atoms with Gasteiger partial charge in [-0.25, -0.2) is 0 Å². The summed E-state index contributed by atoms with van der Waals surface area (Å²) in [5, 5.41) is 0. The molecule has 0 radical (unpaired) electrons. The summed E-state index contributed by atoms with van der Waals surface area (Å²) in [6.07, 6.45) is -4.62. The molecule has 2 N–H and O–H groups in total. The van der Waals surface area contributed by atoms with Gasteiger partial charge in [0.1, 0.15) is 6.04 Å². The molecule has 1 fully saturated rings. The van der Waals surface area contributed by atoms with Gasteiger partial charge < -0.3 is 15.4 Å². The second kappa shape index (κ2) is 6.13. The number of nitrogens with zero attached hydrogens (tertiary/aromatic N) is 1. The fraction of sp³-hybridized carbons (Fsp3) is 0.562. The molecule has 1 saturated heterocycles. The third kappa shape index (κ3) is 4.23. The molecule has 0 aromatic heterocycles. The molecule has 128 valence electrons. The van der Waals surface area contributed by atoms with E-state index in [0.717, 1.165) is 12.1 Å². The number of hydrogen-bond acceptors (Lipinski definition) is 3. The largest absolute Gasteiger partial charge is 0.416 e. The zero-order valence-electron chi connectivity index (χ0n) is 13.4. The standard InChI is InChI=1S/C16H21F3N2O2/c1-10-8-21(9-15(2,3)23-10)14(22)13(20)11-5-4-6-12(7-11)16(17,18)19/h4-7,10,13H,8-9,20H2,1-3H3. The maximum absolute atomic E-state index is 12.8. The zero-order valence-corrected chi connectivity index (χ0v) is 13.4. The van der Waals surface area contributed by atoms with Gasteiger partial charge in [0.05, 0.1) is 17.3 Å². The minimum atomic E-state index is -4.46. The molecule has 0 bridgehead atoms. The first kappa shape index (κ1) is 17.7. The van der Waals surface area contributed by atoms with Gasteiger partial charge >= 0.3 is 6.18 Å². The average Bonchev–Trinajstić information content (AvgIpc) is 2.42. The van der Waals surface area contributed by atoms with Crippen molar-refractivity contribution in [1.29, 1.82) is 0 Å². The van der Waals surface area contributed by atoms with Crippen molar-refractivity contribution >= 4 is 5.91 Å². The van der Waals surface area contributed by atoms with E-state index >= 15 is 0 Å². The van der Waals surface area contributed by atoms with Crippen LogP contribution in [0.2, 0.25) is 0 Å². The lowest BCUT2D eigenvalue weighted by Gasteiger charge is -2.42. The summed E-state index contributed by atoms with van der Waals surface area (Å²) in [5.74, 6) is -0.396. The molecule has 2 rings (SSSR count). The summed E-state index contributed by atoms with van der Waals surface area (Å²) in [6.45, 7) is 6.28. The molecule has 0 saturated carbocycles. The molecule has 1 aromatic rings. The minimum absolute atomic E-state index is 0.154. The van der Waals surface area contributed by atoms with Crippen LogP contribution in [-0.2, 0) is 15.7 Å². The van der Waals surface area contributed by atoms with Crippen molar-refractivity contribution < 1.29 is 22.7 Å². The van der Waals surface area contributed by atoms with Crippen molar-refractivity contribution in [3.63, 3.8) is 0 Å². The predicted molar refractivity (Wildman–Crippen MR) is 79.6 cm³/mol. The van der Waals surface area contributed by atoms with Crippen LogP contribution in [-0.4, -0.2) is 35.6 Å². The first-order chi connectivity index (χ1) is 10.5. The van der Waals surface area contributed by atoms with Crippen LogP contribution in [0.1, 0.15) is 37.9 Å². The lowest BCUT2D eigenvalue weighted by molar-refractivity contribution is -0.159. The Morgan fingerprint density at radius 3 is 2.65 bits per heavy atom. The minimum Gasteiger partial charge on any atom is -0.369 e. The Balaban J connectivity index is 2.20. The van der Waals surface area contributed by atoms with Crippen LogP contribution in [0.4, 0.5) is 13.2 Å². The highest BCUT2D eigenvalue weighted by Gasteiger charge is 2.36. The number of nitrogens with two attached hydrogens (primary N) is 1. The van der Waals surface area contributed by atoms with Gasteiger partial charge in [0.25, 0.3) is 0 Å². The van der Waals surface area contributed by atoms with Crippen LogP contribution in [0.25, 0.3) is 0 Å². The van der Waals surface area contributed by atoms with E-state index in [2.05, 4.69) is 0 Å². The topological polar surface area (TPSA) is 55.6 Å². The van der Waals surface area contributed by atoms with Crippen LogP contribution in [0.5, 0.6) is 0 Å². The summed E-state index contributed by atoms with van der Waals surface area (Å²) in [7, 11) is 0. The normalized spacial score (nSPS) is 22.7. The number of benzene rings is 1. The number of carbonyl (C=O) groups is 1. The highest BCUT2D eigenvalue weighted by Crippen LogP contribution is 2.31. The van der Waals surface area contributed by atoms with Gasteiger partial charge in [-0.05, 0) is 38.5 Å². The van der Waals surface area contributed by atoms with Gasteiger partial charge in [0.15, 0.2) is 0 Å². The second-order valence-corrected chi connectivity index (χ2v) is 6.51. The monoisotopic (exact) mass is 330 g/mol. The number of rotatable bonds is 2. The highest BCUT2D eigenvalue weighted by molar-refractivity contribution is 5.83. The lowest BCUT2D eigenvalue weighted by Crippen LogP contribution is -2.55. The van der Waals surface area contributed by atoms with E-state index in [1.165, 1.54) is 12.1 Å². The Morgan fingerprint density at radius 2 is 2.09 bits per heavy atom. The van der Waals surface area contributed by atoms with Gasteiger partial charge in [-0.15, -0.1) is 0 Å². The van der Waals surface area contributed by atoms with Gasteiger partial charge in [-0.1, -0.05) is 12.1 Å². The number of hydrogen-bond donors (Lipinski definition) is 1. The quantitative estimate of drug-likeness (QED) is 0.907. The Morgan fingerprint density at radius 1 is 1.43 bits per heavy atom. The van der Waals surface area contributed by atoms with E-state index in [1.54, 1.807) is 4.90 Å². The van der Waals surface area contributed by atoms with E-state index in [0.29, 0.717) is 13.1 Å². The maximum atomic E-state index is 12.8. The van der Waals surface area contributed by atoms with E-state index in [4.69, 9.17) is 10.5 Å². The number of carbonyl (C=O) groups excluding carboxylic acids is 1. The van der Waals surface area contributed by atoms with Gasteiger partial charge in [-0.2, -0.15) is 13.2 Å². The Bertz CT molecular complexity index is 587. The first-order valence-electron chi connectivity index (χ1n) is 7.39. The Labute approximate surface area is 133 Å². The fourth-order valence-corrected chi connectivity index (χ4v) is 2.87. The molecule has 2 atom stereocenters. The van der Waals surface area contributed by atoms with Crippen LogP contribution in [0.3, 0.4) is 0 Å². The van der Waals surface area contributed by atoms with Crippen molar-refractivity contribution in [2.75, 3.05) is 13.1 Å². The first-order valence-corrected chi connectivity index (χ1v) is 7.39. The smallest absolute Gasteiger partial charge is 0.369 e. The van der Waals surface area contributed by atoms with Crippen LogP contribution >= 0.6 is 0 Å². The predicted octanol–water partition coefficient (Wildman–Crippen LogP) is 2.73. The Kier molecular flexibility index (Phi) is 4.73. The molecule has 23 heavy (non-hydrogen) atoms. The molecule has 7 heteroatoms. The van der Waals surface area contributed by atoms with Crippen molar-refractivity contribution in [2.24, 2.45) is 5.73 Å². The third-order valence-corrected chi connectivity index (χ3v) is 3.72. The highest BCUT2D eigenvalue weighted by atomic mass is 19.4. The fourth-order valence-electron chi connectivity index (χ4n) is 2.87. The third-order valence-electron chi connectivity index (χ3n) is 3.72. The molecule has 2 unspecified atom stereocenters. The van der Waals surface area contributed by atoms with Crippen molar-refractivity contribution in [1.82, 2.24) is 4.90 Å². The molecule has 1 aliphatic heterocycles. The molecular formula is C16H21F3N2O2. The molecule has 4 nitrogen and oxygen atoms in total. The molecule has 1 heterocycles. The SMILES string of the molecule is CC1CN(C(=O)C(N)c2cccc(C(F)(F)F)c2)CC(C)(C)O1. The Hall–Kier alpha value is -1.60. The number of alkyl halides is 3. The molecule has 1 aliphatic rings.